The maximum atomic E-state index is 12.3. The van der Waals surface area contributed by atoms with E-state index in [4.69, 9.17) is 4.74 Å². The van der Waals surface area contributed by atoms with Crippen LogP contribution in [0.25, 0.3) is 0 Å². The minimum atomic E-state index is -0.338. The van der Waals surface area contributed by atoms with E-state index in [1.165, 1.54) is 6.92 Å². The van der Waals surface area contributed by atoms with Gasteiger partial charge in [-0.15, -0.1) is 0 Å². The van der Waals surface area contributed by atoms with Crippen LogP contribution in [0.1, 0.15) is 36.2 Å². The molecular formula is C14H17NO3. The Hall–Kier alpha value is -1.84. The predicted molar refractivity (Wildman–Crippen MR) is 67.6 cm³/mol. The van der Waals surface area contributed by atoms with Crippen molar-refractivity contribution in [3.8, 4) is 5.75 Å². The second-order valence-corrected chi connectivity index (χ2v) is 4.45. The zero-order valence-electron chi connectivity index (χ0n) is 10.9. The fourth-order valence-corrected chi connectivity index (χ4v) is 2.50. The van der Waals surface area contributed by atoms with Gasteiger partial charge < -0.3 is 9.64 Å². The van der Waals surface area contributed by atoms with Gasteiger partial charge in [0, 0.05) is 11.1 Å². The summed E-state index contributed by atoms with van der Waals surface area (Å²) in [5, 5.41) is 0. The van der Waals surface area contributed by atoms with Gasteiger partial charge >= 0.3 is 0 Å². The predicted octanol–water partition coefficient (Wildman–Crippen LogP) is 2.02. The van der Waals surface area contributed by atoms with E-state index in [-0.39, 0.29) is 17.7 Å². The quantitative estimate of drug-likeness (QED) is 0.817. The summed E-state index contributed by atoms with van der Waals surface area (Å²) in [7, 11) is 1.59. The van der Waals surface area contributed by atoms with E-state index in [9.17, 15) is 9.59 Å². The van der Waals surface area contributed by atoms with Crippen LogP contribution in [0.2, 0.25) is 0 Å². The fraction of sp³-hybridized carbons (Fsp3) is 0.429. The molecule has 4 heteroatoms. The third-order valence-corrected chi connectivity index (χ3v) is 3.40. The topological polar surface area (TPSA) is 46.6 Å². The van der Waals surface area contributed by atoms with E-state index in [0.29, 0.717) is 24.3 Å². The molecule has 4 nitrogen and oxygen atoms in total. The Balaban J connectivity index is 2.38. The molecule has 1 aliphatic rings. The summed E-state index contributed by atoms with van der Waals surface area (Å²) in [6.07, 6.45) is 0.636. The van der Waals surface area contributed by atoms with Crippen LogP contribution in [0.5, 0.6) is 5.75 Å². The summed E-state index contributed by atoms with van der Waals surface area (Å²) in [4.78, 5) is 25.5. The van der Waals surface area contributed by atoms with Gasteiger partial charge in [0.05, 0.1) is 19.7 Å². The molecule has 0 bridgehead atoms. The van der Waals surface area contributed by atoms with E-state index in [1.807, 2.05) is 13.0 Å². The van der Waals surface area contributed by atoms with Gasteiger partial charge in [0.2, 0.25) is 0 Å². The lowest BCUT2D eigenvalue weighted by molar-refractivity contribution is -0.121. The van der Waals surface area contributed by atoms with Crippen molar-refractivity contribution >= 4 is 11.7 Å². The van der Waals surface area contributed by atoms with Crippen LogP contribution in [0.4, 0.5) is 0 Å². The number of fused-ring (bicyclic) bond motifs is 1. The number of amides is 1. The largest absolute Gasteiger partial charge is 0.496 e. The molecular weight excluding hydrogens is 230 g/mol. The monoisotopic (exact) mass is 247 g/mol. The van der Waals surface area contributed by atoms with Gasteiger partial charge in [0.1, 0.15) is 5.75 Å². The molecule has 1 amide bonds. The van der Waals surface area contributed by atoms with Gasteiger partial charge in [-0.05, 0) is 25.5 Å². The normalized spacial score (nSPS) is 15.5. The number of methoxy groups -OCH3 is 1. The first-order valence-corrected chi connectivity index (χ1v) is 6.07. The molecule has 0 saturated carbocycles. The van der Waals surface area contributed by atoms with Crippen LogP contribution in [-0.4, -0.2) is 29.7 Å². The van der Waals surface area contributed by atoms with Crippen LogP contribution < -0.4 is 4.74 Å². The molecule has 0 spiro atoms. The first kappa shape index (κ1) is 12.6. The number of benzene rings is 1. The third kappa shape index (κ3) is 1.88. The van der Waals surface area contributed by atoms with E-state index in [2.05, 4.69) is 0 Å². The lowest BCUT2D eigenvalue weighted by Gasteiger charge is -2.24. The Kier molecular flexibility index (Phi) is 3.36. The summed E-state index contributed by atoms with van der Waals surface area (Å²) in [6.45, 7) is 3.90. The molecule has 1 aromatic carbocycles. The first-order valence-electron chi connectivity index (χ1n) is 6.07. The molecule has 0 N–H and O–H groups in total. The summed E-state index contributed by atoms with van der Waals surface area (Å²) >= 11 is 0. The van der Waals surface area contributed by atoms with Crippen LogP contribution in [0.15, 0.2) is 18.2 Å². The molecule has 1 unspecified atom stereocenters. The van der Waals surface area contributed by atoms with Crippen molar-refractivity contribution in [2.45, 2.75) is 32.9 Å². The van der Waals surface area contributed by atoms with Crippen LogP contribution in [-0.2, 0) is 11.3 Å². The SMILES string of the molecule is CCC(C(C)=O)N1Cc2c(OC)cccc2C1=O. The molecule has 1 aromatic rings. The number of Topliss-reactive ketones (excluding diaryl/α,β-unsaturated/α-hetero) is 1. The molecule has 1 atom stereocenters. The summed E-state index contributed by atoms with van der Waals surface area (Å²) in [5.41, 5.74) is 1.53. The highest BCUT2D eigenvalue weighted by Crippen LogP contribution is 2.32. The standard InChI is InChI=1S/C14H17NO3/c1-4-12(9(2)16)15-8-11-10(14(15)17)6-5-7-13(11)18-3/h5-7,12H,4,8H2,1-3H3. The Labute approximate surface area is 107 Å². The van der Waals surface area contributed by atoms with E-state index in [1.54, 1.807) is 24.1 Å². The molecule has 0 radical (unpaired) electrons. The average Bonchev–Trinajstić information content (AvgIpc) is 2.68. The lowest BCUT2D eigenvalue weighted by atomic mass is 10.1. The molecule has 2 rings (SSSR count). The minimum Gasteiger partial charge on any atom is -0.496 e. The Morgan fingerprint density at radius 3 is 2.78 bits per heavy atom. The zero-order chi connectivity index (χ0) is 13.3. The van der Waals surface area contributed by atoms with Crippen molar-refractivity contribution in [1.82, 2.24) is 4.90 Å². The van der Waals surface area contributed by atoms with E-state index < -0.39 is 0 Å². The van der Waals surface area contributed by atoms with Gasteiger partial charge in [0.15, 0.2) is 5.78 Å². The second-order valence-electron chi connectivity index (χ2n) is 4.45. The van der Waals surface area contributed by atoms with Crippen LogP contribution >= 0.6 is 0 Å². The van der Waals surface area contributed by atoms with Gasteiger partial charge in [0.25, 0.3) is 5.91 Å². The maximum Gasteiger partial charge on any atom is 0.255 e. The average molecular weight is 247 g/mol. The minimum absolute atomic E-state index is 0.0256. The molecule has 1 aliphatic heterocycles. The Morgan fingerprint density at radius 1 is 1.50 bits per heavy atom. The first-order chi connectivity index (χ1) is 8.60. The number of ether oxygens (including phenoxy) is 1. The van der Waals surface area contributed by atoms with Crippen LogP contribution in [0.3, 0.4) is 0 Å². The van der Waals surface area contributed by atoms with Gasteiger partial charge in [-0.25, -0.2) is 0 Å². The highest BCUT2D eigenvalue weighted by atomic mass is 16.5. The maximum absolute atomic E-state index is 12.3. The van der Waals surface area contributed by atoms with Gasteiger partial charge in [-0.3, -0.25) is 9.59 Å². The molecule has 1 heterocycles. The smallest absolute Gasteiger partial charge is 0.255 e. The van der Waals surface area contributed by atoms with Crippen LogP contribution in [0, 0.1) is 0 Å². The number of nitrogens with zero attached hydrogens (tertiary/aromatic N) is 1. The highest BCUT2D eigenvalue weighted by Gasteiger charge is 2.35. The van der Waals surface area contributed by atoms with Crippen molar-refractivity contribution in [1.29, 1.82) is 0 Å². The summed E-state index contributed by atoms with van der Waals surface area (Å²) in [6, 6.07) is 5.08. The molecule has 0 saturated heterocycles. The molecule has 0 aliphatic carbocycles. The molecule has 96 valence electrons. The van der Waals surface area contributed by atoms with Gasteiger partial charge in [-0.2, -0.15) is 0 Å². The number of hydrogen-bond donors (Lipinski definition) is 0. The number of hydrogen-bond acceptors (Lipinski definition) is 3. The molecule has 0 aromatic heterocycles. The number of ketones is 1. The Bertz CT molecular complexity index is 496. The summed E-state index contributed by atoms with van der Waals surface area (Å²) < 4.78 is 5.26. The van der Waals surface area contributed by atoms with Crippen molar-refractivity contribution in [2.75, 3.05) is 7.11 Å². The molecule has 0 fully saturated rings. The van der Waals surface area contributed by atoms with E-state index in [0.717, 1.165) is 5.56 Å². The van der Waals surface area contributed by atoms with E-state index >= 15 is 0 Å². The highest BCUT2D eigenvalue weighted by molar-refractivity contribution is 6.01. The zero-order valence-corrected chi connectivity index (χ0v) is 10.9. The lowest BCUT2D eigenvalue weighted by Crippen LogP contribution is -2.39. The number of carbonyl (C=O) groups excluding carboxylic acids is 2. The van der Waals surface area contributed by atoms with Crippen molar-refractivity contribution in [3.05, 3.63) is 29.3 Å². The Morgan fingerprint density at radius 2 is 2.22 bits per heavy atom. The molecule has 18 heavy (non-hydrogen) atoms. The fourth-order valence-electron chi connectivity index (χ4n) is 2.50. The third-order valence-electron chi connectivity index (χ3n) is 3.40. The van der Waals surface area contributed by atoms with Crippen molar-refractivity contribution in [3.63, 3.8) is 0 Å². The summed E-state index contributed by atoms with van der Waals surface area (Å²) in [5.74, 6) is 0.658. The number of carbonyl (C=O) groups is 2. The van der Waals surface area contributed by atoms with Crippen molar-refractivity contribution < 1.29 is 14.3 Å². The van der Waals surface area contributed by atoms with Gasteiger partial charge in [-0.1, -0.05) is 13.0 Å². The second kappa shape index (κ2) is 4.80. The van der Waals surface area contributed by atoms with Crippen molar-refractivity contribution in [2.24, 2.45) is 0 Å². The number of rotatable bonds is 4.